The highest BCUT2D eigenvalue weighted by atomic mass is 79.9. The molecule has 1 fully saturated rings. The number of nitrogens with zero attached hydrogens (tertiary/aromatic N) is 2. The first-order chi connectivity index (χ1) is 11.6. The smallest absolute Gasteiger partial charge is 0.281 e. The molecule has 1 spiro atoms. The third kappa shape index (κ3) is 2.34. The molecule has 2 aliphatic rings. The van der Waals surface area contributed by atoms with Crippen molar-refractivity contribution in [2.45, 2.75) is 18.4 Å². The number of para-hydroxylation sites is 1. The third-order valence-corrected chi connectivity index (χ3v) is 4.78. The summed E-state index contributed by atoms with van der Waals surface area (Å²) in [5.74, 6) is -0.618. The van der Waals surface area contributed by atoms with Crippen molar-refractivity contribution in [1.29, 1.82) is 0 Å². The maximum Gasteiger partial charge on any atom is 0.281 e. The summed E-state index contributed by atoms with van der Waals surface area (Å²) >= 11 is 3.39. The summed E-state index contributed by atoms with van der Waals surface area (Å²) in [4.78, 5) is 32.0. The van der Waals surface area contributed by atoms with Crippen LogP contribution in [0.1, 0.15) is 18.4 Å². The van der Waals surface area contributed by atoms with Crippen LogP contribution in [0.25, 0.3) is 0 Å². The number of hydrogen-bond acceptors (Lipinski definition) is 4. The van der Waals surface area contributed by atoms with E-state index in [9.17, 15) is 9.59 Å². The van der Waals surface area contributed by atoms with Crippen LogP contribution >= 0.6 is 15.9 Å². The summed E-state index contributed by atoms with van der Waals surface area (Å²) in [6, 6.07) is 16.5. The molecule has 1 atom stereocenters. The molecule has 6 heteroatoms. The number of imide groups is 1. The number of halogens is 1. The summed E-state index contributed by atoms with van der Waals surface area (Å²) in [7, 11) is 0. The Labute approximate surface area is 147 Å². The predicted molar refractivity (Wildman–Crippen MR) is 92.7 cm³/mol. The van der Waals surface area contributed by atoms with Gasteiger partial charge >= 0.3 is 0 Å². The second kappa shape index (κ2) is 5.56. The Balaban J connectivity index is 1.61. The first-order valence-corrected chi connectivity index (χ1v) is 8.32. The molecule has 0 aromatic heterocycles. The van der Waals surface area contributed by atoms with E-state index < -0.39 is 5.60 Å². The lowest BCUT2D eigenvalue weighted by Crippen LogP contribution is -2.40. The van der Waals surface area contributed by atoms with Gasteiger partial charge in [-0.25, -0.2) is 4.90 Å². The van der Waals surface area contributed by atoms with Crippen LogP contribution in [0.2, 0.25) is 0 Å². The van der Waals surface area contributed by atoms with E-state index in [-0.39, 0.29) is 18.2 Å². The molecule has 2 aromatic rings. The Hall–Kier alpha value is -2.47. The molecule has 1 saturated heterocycles. The highest BCUT2D eigenvalue weighted by Gasteiger charge is 2.57. The average molecular weight is 385 g/mol. The zero-order valence-electron chi connectivity index (χ0n) is 12.6. The second-order valence-corrected chi connectivity index (χ2v) is 6.77. The van der Waals surface area contributed by atoms with Crippen LogP contribution in [0.4, 0.5) is 5.69 Å². The van der Waals surface area contributed by atoms with Crippen molar-refractivity contribution in [3.8, 4) is 0 Å². The van der Waals surface area contributed by atoms with Gasteiger partial charge in [-0.15, -0.1) is 0 Å². The van der Waals surface area contributed by atoms with E-state index in [0.29, 0.717) is 17.8 Å². The Morgan fingerprint density at radius 1 is 1.00 bits per heavy atom. The standard InChI is InChI=1S/C18H13BrN2O3/c19-13-8-6-12(7-9-13)15-10-18(24-20-15)11-16(22)21(17(18)23)14-4-2-1-3-5-14/h1-9H,10-11H2/t18-/m0/s1. The fraction of sp³-hybridized carbons (Fsp3) is 0.167. The lowest BCUT2D eigenvalue weighted by molar-refractivity contribution is -0.136. The number of amides is 2. The van der Waals surface area contributed by atoms with Crippen LogP contribution in [-0.4, -0.2) is 23.1 Å². The number of carbonyl (C=O) groups is 2. The van der Waals surface area contributed by atoms with E-state index >= 15 is 0 Å². The molecular weight excluding hydrogens is 372 g/mol. The van der Waals surface area contributed by atoms with E-state index in [4.69, 9.17) is 4.84 Å². The van der Waals surface area contributed by atoms with Gasteiger partial charge in [-0.05, 0) is 29.8 Å². The van der Waals surface area contributed by atoms with Gasteiger partial charge < -0.3 is 4.84 Å². The molecule has 4 rings (SSSR count). The summed E-state index contributed by atoms with van der Waals surface area (Å²) < 4.78 is 0.961. The number of oxime groups is 1. The van der Waals surface area contributed by atoms with Gasteiger partial charge in [0.25, 0.3) is 5.91 Å². The normalized spacial score (nSPS) is 22.9. The minimum atomic E-state index is -1.21. The SMILES string of the molecule is O=C1C[C@@]2(CC(c3ccc(Br)cc3)=NO2)C(=O)N1c1ccccc1. The minimum absolute atomic E-state index is 0.00422. The monoisotopic (exact) mass is 384 g/mol. The van der Waals surface area contributed by atoms with Crippen LogP contribution in [0.5, 0.6) is 0 Å². The summed E-state index contributed by atoms with van der Waals surface area (Å²) in [5.41, 5.74) is 0.909. The highest BCUT2D eigenvalue weighted by Crippen LogP contribution is 2.39. The van der Waals surface area contributed by atoms with Crippen LogP contribution in [0.15, 0.2) is 64.2 Å². The minimum Gasteiger partial charge on any atom is -0.378 e. The summed E-state index contributed by atoms with van der Waals surface area (Å²) in [6.45, 7) is 0. The molecule has 0 saturated carbocycles. The van der Waals surface area contributed by atoms with Crippen molar-refractivity contribution in [3.05, 3.63) is 64.6 Å². The molecule has 0 N–H and O–H groups in total. The van der Waals surface area contributed by atoms with Gasteiger partial charge in [-0.2, -0.15) is 0 Å². The molecular formula is C18H13BrN2O3. The summed E-state index contributed by atoms with van der Waals surface area (Å²) in [6.07, 6.45) is 0.298. The Bertz CT molecular complexity index is 848. The van der Waals surface area contributed by atoms with Crippen molar-refractivity contribution in [2.24, 2.45) is 5.16 Å². The maximum absolute atomic E-state index is 12.9. The van der Waals surface area contributed by atoms with Gasteiger partial charge in [0, 0.05) is 10.9 Å². The molecule has 2 heterocycles. The molecule has 0 bridgehead atoms. The Morgan fingerprint density at radius 2 is 1.71 bits per heavy atom. The van der Waals surface area contributed by atoms with E-state index in [1.807, 2.05) is 30.3 Å². The third-order valence-electron chi connectivity index (χ3n) is 4.25. The number of benzene rings is 2. The van der Waals surface area contributed by atoms with Gasteiger partial charge in [-0.3, -0.25) is 9.59 Å². The number of carbonyl (C=O) groups excluding carboxylic acids is 2. The molecule has 120 valence electrons. The Kier molecular flexibility index (Phi) is 3.49. The molecule has 0 aliphatic carbocycles. The lowest BCUT2D eigenvalue weighted by atomic mass is 9.93. The summed E-state index contributed by atoms with van der Waals surface area (Å²) in [5, 5.41) is 4.09. The van der Waals surface area contributed by atoms with Crippen LogP contribution < -0.4 is 4.90 Å². The number of hydrogen-bond donors (Lipinski definition) is 0. The molecule has 0 radical (unpaired) electrons. The van der Waals surface area contributed by atoms with Gasteiger partial charge in [0.15, 0.2) is 0 Å². The predicted octanol–water partition coefficient (Wildman–Crippen LogP) is 3.28. The topological polar surface area (TPSA) is 59.0 Å². The van der Waals surface area contributed by atoms with Gasteiger partial charge in [0.2, 0.25) is 11.5 Å². The Morgan fingerprint density at radius 3 is 2.42 bits per heavy atom. The van der Waals surface area contributed by atoms with Gasteiger partial charge in [0.05, 0.1) is 17.8 Å². The van der Waals surface area contributed by atoms with Crippen molar-refractivity contribution >= 4 is 39.1 Å². The zero-order chi connectivity index (χ0) is 16.7. The highest BCUT2D eigenvalue weighted by molar-refractivity contribution is 9.10. The number of rotatable bonds is 2. The van der Waals surface area contributed by atoms with E-state index in [2.05, 4.69) is 21.1 Å². The van der Waals surface area contributed by atoms with E-state index in [0.717, 1.165) is 10.0 Å². The molecule has 2 aromatic carbocycles. The lowest BCUT2D eigenvalue weighted by Gasteiger charge is -2.19. The second-order valence-electron chi connectivity index (χ2n) is 5.85. The molecule has 0 unspecified atom stereocenters. The molecule has 24 heavy (non-hydrogen) atoms. The largest absolute Gasteiger partial charge is 0.378 e. The van der Waals surface area contributed by atoms with Crippen LogP contribution in [-0.2, 0) is 14.4 Å². The molecule has 5 nitrogen and oxygen atoms in total. The quantitative estimate of drug-likeness (QED) is 0.746. The van der Waals surface area contributed by atoms with Crippen molar-refractivity contribution in [1.82, 2.24) is 0 Å². The first-order valence-electron chi connectivity index (χ1n) is 7.52. The number of anilines is 1. The van der Waals surface area contributed by atoms with Crippen molar-refractivity contribution in [2.75, 3.05) is 4.90 Å². The molecule has 2 amide bonds. The zero-order valence-corrected chi connectivity index (χ0v) is 14.2. The first kappa shape index (κ1) is 15.1. The van der Waals surface area contributed by atoms with Crippen molar-refractivity contribution in [3.63, 3.8) is 0 Å². The van der Waals surface area contributed by atoms with E-state index in [1.54, 1.807) is 24.3 Å². The maximum atomic E-state index is 12.9. The van der Waals surface area contributed by atoms with Crippen molar-refractivity contribution < 1.29 is 14.4 Å². The van der Waals surface area contributed by atoms with Crippen LogP contribution in [0.3, 0.4) is 0 Å². The fourth-order valence-electron chi connectivity index (χ4n) is 3.04. The fourth-order valence-corrected chi connectivity index (χ4v) is 3.30. The van der Waals surface area contributed by atoms with E-state index in [1.165, 1.54) is 4.90 Å². The average Bonchev–Trinajstić information content (AvgIpc) is 3.11. The van der Waals surface area contributed by atoms with Gasteiger partial charge in [0.1, 0.15) is 0 Å². The molecule has 2 aliphatic heterocycles. The van der Waals surface area contributed by atoms with Gasteiger partial charge in [-0.1, -0.05) is 51.4 Å². The van der Waals surface area contributed by atoms with Crippen LogP contribution in [0, 0.1) is 0 Å².